The van der Waals surface area contributed by atoms with Crippen molar-refractivity contribution in [3.8, 4) is 11.5 Å². The third-order valence-corrected chi connectivity index (χ3v) is 5.28. The maximum atomic E-state index is 13.0. The number of halogens is 1. The van der Waals surface area contributed by atoms with Crippen LogP contribution in [0.5, 0.6) is 11.5 Å². The number of piperidine rings is 1. The van der Waals surface area contributed by atoms with Crippen molar-refractivity contribution in [3.05, 3.63) is 59.9 Å². The molecule has 0 saturated carbocycles. The zero-order valence-electron chi connectivity index (χ0n) is 17.6. The summed E-state index contributed by atoms with van der Waals surface area (Å²) >= 11 is 0. The molecule has 1 aliphatic rings. The second-order valence-corrected chi connectivity index (χ2v) is 8.16. The number of likely N-dealkylation sites (N-methyl/N-ethyl adjacent to an activating group) is 1. The number of aliphatic hydroxyl groups is 2. The van der Waals surface area contributed by atoms with Crippen LogP contribution >= 0.6 is 0 Å². The highest BCUT2D eigenvalue weighted by Crippen LogP contribution is 2.25. The van der Waals surface area contributed by atoms with Gasteiger partial charge in [-0.3, -0.25) is 4.90 Å². The first-order valence-corrected chi connectivity index (χ1v) is 10.2. The van der Waals surface area contributed by atoms with Crippen LogP contribution in [0, 0.1) is 5.82 Å². The molecule has 1 saturated heterocycles. The molecule has 1 heterocycles. The van der Waals surface area contributed by atoms with Crippen LogP contribution in [-0.2, 0) is 6.54 Å². The third-order valence-electron chi connectivity index (χ3n) is 5.28. The van der Waals surface area contributed by atoms with E-state index in [2.05, 4.69) is 9.80 Å². The van der Waals surface area contributed by atoms with Crippen molar-refractivity contribution in [2.75, 3.05) is 46.9 Å². The molecule has 1 aliphatic heterocycles. The number of β-amino-alcohol motifs (C(OH)–C–C–N with tert-alkyl or cyclic N) is 1. The van der Waals surface area contributed by atoms with Gasteiger partial charge in [0.2, 0.25) is 0 Å². The van der Waals surface area contributed by atoms with Crippen molar-refractivity contribution in [2.45, 2.75) is 24.7 Å². The fraction of sp³-hybridized carbons (Fsp3) is 0.478. The van der Waals surface area contributed by atoms with Crippen LogP contribution in [0.25, 0.3) is 0 Å². The van der Waals surface area contributed by atoms with Gasteiger partial charge >= 0.3 is 0 Å². The van der Waals surface area contributed by atoms with Gasteiger partial charge < -0.3 is 24.6 Å². The second-order valence-electron chi connectivity index (χ2n) is 8.16. The van der Waals surface area contributed by atoms with Gasteiger partial charge in [-0.05, 0) is 62.5 Å². The predicted molar refractivity (Wildman–Crippen MR) is 113 cm³/mol. The number of likely N-dealkylation sites (tertiary alicyclic amines) is 1. The monoisotopic (exact) mass is 418 g/mol. The van der Waals surface area contributed by atoms with Gasteiger partial charge in [0, 0.05) is 26.2 Å². The topological polar surface area (TPSA) is 65.4 Å². The molecule has 1 fully saturated rings. The Balaban J connectivity index is 1.53. The molecule has 0 bridgehead atoms. The van der Waals surface area contributed by atoms with Gasteiger partial charge in [0.15, 0.2) is 0 Å². The summed E-state index contributed by atoms with van der Waals surface area (Å²) in [7, 11) is 4.02. The Bertz CT molecular complexity index is 785. The lowest BCUT2D eigenvalue weighted by molar-refractivity contribution is -0.140. The van der Waals surface area contributed by atoms with E-state index in [4.69, 9.17) is 9.47 Å². The minimum Gasteiger partial charge on any atom is -0.492 e. The minimum atomic E-state index is -1.39. The van der Waals surface area contributed by atoms with Crippen molar-refractivity contribution in [1.29, 1.82) is 0 Å². The quantitative estimate of drug-likeness (QED) is 0.651. The molecular weight excluding hydrogens is 387 g/mol. The Hall–Kier alpha value is -2.19. The van der Waals surface area contributed by atoms with Crippen molar-refractivity contribution in [1.82, 2.24) is 9.80 Å². The van der Waals surface area contributed by atoms with Gasteiger partial charge in [-0.15, -0.1) is 0 Å². The predicted octanol–water partition coefficient (Wildman–Crippen LogP) is 2.14. The number of ether oxygens (including phenoxy) is 2. The van der Waals surface area contributed by atoms with Crippen LogP contribution in [0.1, 0.15) is 12.0 Å². The molecule has 2 atom stereocenters. The highest BCUT2D eigenvalue weighted by atomic mass is 19.1. The van der Waals surface area contributed by atoms with Crippen LogP contribution in [0.2, 0.25) is 0 Å². The van der Waals surface area contributed by atoms with E-state index < -0.39 is 11.7 Å². The standard InChI is InChI=1S/C23H31FN2O4/c1-25(2)13-14-29-20-7-3-18(4-8-20)15-26-12-11-22(27)23(28,16-26)17-30-21-9-5-19(24)6-10-21/h3-10,22,27-28H,11-17H2,1-2H3/t22-,23-/m0/s1. The summed E-state index contributed by atoms with van der Waals surface area (Å²) < 4.78 is 24.4. The molecule has 0 radical (unpaired) electrons. The van der Waals surface area contributed by atoms with Gasteiger partial charge in [0.1, 0.15) is 36.1 Å². The lowest BCUT2D eigenvalue weighted by Gasteiger charge is -2.42. The van der Waals surface area contributed by atoms with Gasteiger partial charge in [-0.2, -0.15) is 0 Å². The molecule has 164 valence electrons. The number of aliphatic hydroxyl groups excluding tert-OH is 1. The summed E-state index contributed by atoms with van der Waals surface area (Å²) in [4.78, 5) is 4.17. The molecule has 0 unspecified atom stereocenters. The number of nitrogens with zero attached hydrogens (tertiary/aromatic N) is 2. The van der Waals surface area contributed by atoms with E-state index in [1.54, 1.807) is 0 Å². The average molecular weight is 419 g/mol. The maximum Gasteiger partial charge on any atom is 0.137 e. The summed E-state index contributed by atoms with van der Waals surface area (Å²) in [6.45, 7) is 3.06. The van der Waals surface area contributed by atoms with E-state index in [0.29, 0.717) is 31.9 Å². The average Bonchev–Trinajstić information content (AvgIpc) is 2.72. The summed E-state index contributed by atoms with van der Waals surface area (Å²) in [6.07, 6.45) is -0.420. The Morgan fingerprint density at radius 3 is 2.37 bits per heavy atom. The van der Waals surface area contributed by atoms with E-state index in [9.17, 15) is 14.6 Å². The van der Waals surface area contributed by atoms with E-state index in [-0.39, 0.29) is 19.0 Å². The first-order valence-electron chi connectivity index (χ1n) is 10.2. The second kappa shape index (κ2) is 10.2. The smallest absolute Gasteiger partial charge is 0.137 e. The van der Waals surface area contributed by atoms with Gasteiger partial charge in [-0.25, -0.2) is 4.39 Å². The highest BCUT2D eigenvalue weighted by Gasteiger charge is 2.42. The van der Waals surface area contributed by atoms with Crippen LogP contribution in [-0.4, -0.2) is 78.7 Å². The Morgan fingerprint density at radius 2 is 1.70 bits per heavy atom. The van der Waals surface area contributed by atoms with E-state index in [0.717, 1.165) is 17.9 Å². The first kappa shape index (κ1) is 22.5. The number of hydrogen-bond donors (Lipinski definition) is 2. The molecular formula is C23H31FN2O4. The zero-order chi connectivity index (χ0) is 21.6. The van der Waals surface area contributed by atoms with Crippen LogP contribution in [0.3, 0.4) is 0 Å². The Labute approximate surface area is 177 Å². The molecule has 7 heteroatoms. The van der Waals surface area contributed by atoms with Gasteiger partial charge in [0.05, 0.1) is 6.10 Å². The summed E-state index contributed by atoms with van der Waals surface area (Å²) in [5.74, 6) is 0.942. The molecule has 0 amide bonds. The summed E-state index contributed by atoms with van der Waals surface area (Å²) in [6, 6.07) is 13.6. The molecule has 30 heavy (non-hydrogen) atoms. The van der Waals surface area contributed by atoms with Crippen molar-refractivity contribution in [2.24, 2.45) is 0 Å². The van der Waals surface area contributed by atoms with E-state index in [1.807, 2.05) is 38.4 Å². The molecule has 0 aromatic heterocycles. The SMILES string of the molecule is CN(C)CCOc1ccc(CN2CC[C@H](O)[C@@](O)(COc3ccc(F)cc3)C2)cc1. The van der Waals surface area contributed by atoms with Crippen molar-refractivity contribution in [3.63, 3.8) is 0 Å². The van der Waals surface area contributed by atoms with E-state index >= 15 is 0 Å². The van der Waals surface area contributed by atoms with Crippen LogP contribution in [0.15, 0.2) is 48.5 Å². The maximum absolute atomic E-state index is 13.0. The Morgan fingerprint density at radius 1 is 1.07 bits per heavy atom. The molecule has 0 aliphatic carbocycles. The fourth-order valence-electron chi connectivity index (χ4n) is 3.46. The van der Waals surface area contributed by atoms with E-state index in [1.165, 1.54) is 24.3 Å². The minimum absolute atomic E-state index is 0.0606. The van der Waals surface area contributed by atoms with Crippen molar-refractivity contribution >= 4 is 0 Å². The number of benzene rings is 2. The third kappa shape index (κ3) is 6.40. The molecule has 2 aromatic carbocycles. The fourth-order valence-corrected chi connectivity index (χ4v) is 3.46. The number of rotatable bonds is 9. The molecule has 2 N–H and O–H groups in total. The van der Waals surface area contributed by atoms with Gasteiger partial charge in [0.25, 0.3) is 0 Å². The molecule has 2 aromatic rings. The summed E-state index contributed by atoms with van der Waals surface area (Å²) in [5.41, 5.74) is -0.282. The lowest BCUT2D eigenvalue weighted by atomic mass is 9.90. The molecule has 0 spiro atoms. The highest BCUT2D eigenvalue weighted by molar-refractivity contribution is 5.27. The normalized spacial score (nSPS) is 22.3. The van der Waals surface area contributed by atoms with Gasteiger partial charge in [-0.1, -0.05) is 12.1 Å². The lowest BCUT2D eigenvalue weighted by Crippen LogP contribution is -2.59. The number of hydrogen-bond acceptors (Lipinski definition) is 6. The first-order chi connectivity index (χ1) is 14.3. The molecule has 6 nitrogen and oxygen atoms in total. The summed E-state index contributed by atoms with van der Waals surface area (Å²) in [5, 5.41) is 21.3. The van der Waals surface area contributed by atoms with Crippen LogP contribution < -0.4 is 9.47 Å². The Kier molecular flexibility index (Phi) is 7.66. The molecule has 3 rings (SSSR count). The zero-order valence-corrected chi connectivity index (χ0v) is 17.6. The van der Waals surface area contributed by atoms with Crippen molar-refractivity contribution < 1.29 is 24.1 Å². The largest absolute Gasteiger partial charge is 0.492 e. The van der Waals surface area contributed by atoms with Crippen LogP contribution in [0.4, 0.5) is 4.39 Å².